The zero-order chi connectivity index (χ0) is 27.5. The average molecular weight is 559 g/mol. The Balaban J connectivity index is 3.01. The van der Waals surface area contributed by atoms with Crippen LogP contribution < -0.4 is 0 Å². The van der Waals surface area contributed by atoms with Crippen molar-refractivity contribution in [3.05, 3.63) is 0 Å². The smallest absolute Gasteiger partial charge is 0.0701 e. The molecule has 0 aliphatic rings. The van der Waals surface area contributed by atoms with Gasteiger partial charge in [0.25, 0.3) is 0 Å². The van der Waals surface area contributed by atoms with Crippen molar-refractivity contribution in [2.24, 2.45) is 0 Å². The zero-order valence-corrected chi connectivity index (χ0v) is 23.9. The topological polar surface area (TPSA) is 111 Å². The van der Waals surface area contributed by atoms with E-state index in [1.165, 1.54) is 0 Å². The number of hydrogen-bond acceptors (Lipinski definition) is 12. The lowest BCUT2D eigenvalue weighted by atomic mass is 10.6. The Morgan fingerprint density at radius 2 is 0.289 bits per heavy atom. The van der Waals surface area contributed by atoms with Gasteiger partial charge in [-0.05, 0) is 13.8 Å². The third kappa shape index (κ3) is 35.5. The molecule has 0 atom stereocenters. The molecule has 230 valence electrons. The first-order chi connectivity index (χ1) is 18.9. The molecule has 0 aliphatic carbocycles. The lowest BCUT2D eigenvalue weighted by Crippen LogP contribution is -2.15. The SMILES string of the molecule is CCOCCOCCOCCOCCOCCOCCOCCOCCOCCOCCOCCOCC. The van der Waals surface area contributed by atoms with Crippen LogP contribution in [-0.2, 0) is 56.8 Å². The fourth-order valence-electron chi connectivity index (χ4n) is 2.61. The van der Waals surface area contributed by atoms with Crippen molar-refractivity contribution in [2.45, 2.75) is 13.8 Å². The minimum absolute atomic E-state index is 0.521. The molecule has 0 aromatic carbocycles. The van der Waals surface area contributed by atoms with Gasteiger partial charge in [0.15, 0.2) is 0 Å². The first kappa shape index (κ1) is 37.5. The average Bonchev–Trinajstić information content (AvgIpc) is 2.93. The molecule has 0 radical (unpaired) electrons. The van der Waals surface area contributed by atoms with Gasteiger partial charge in [-0.1, -0.05) is 0 Å². The zero-order valence-electron chi connectivity index (χ0n) is 23.9. The van der Waals surface area contributed by atoms with Crippen LogP contribution in [0.25, 0.3) is 0 Å². The number of hydrogen-bond donors (Lipinski definition) is 0. The van der Waals surface area contributed by atoms with Crippen LogP contribution in [0.15, 0.2) is 0 Å². The summed E-state index contributed by atoms with van der Waals surface area (Å²) >= 11 is 0. The summed E-state index contributed by atoms with van der Waals surface area (Å²) in [5.41, 5.74) is 0. The van der Waals surface area contributed by atoms with Gasteiger partial charge in [0, 0.05) is 13.2 Å². The molecular weight excluding hydrogens is 504 g/mol. The molecule has 12 nitrogen and oxygen atoms in total. The summed E-state index contributed by atoms with van der Waals surface area (Å²) in [6.45, 7) is 17.4. The highest BCUT2D eigenvalue weighted by Gasteiger charge is 1.96. The molecule has 0 saturated carbocycles. The van der Waals surface area contributed by atoms with E-state index in [4.69, 9.17) is 56.8 Å². The Morgan fingerprint density at radius 1 is 0.184 bits per heavy atom. The lowest BCUT2D eigenvalue weighted by molar-refractivity contribution is -0.0281. The molecule has 0 rings (SSSR count). The Hall–Kier alpha value is -0.480. The highest BCUT2D eigenvalue weighted by molar-refractivity contribution is 4.39. The van der Waals surface area contributed by atoms with Crippen LogP contribution in [0.2, 0.25) is 0 Å². The van der Waals surface area contributed by atoms with E-state index < -0.39 is 0 Å². The summed E-state index contributed by atoms with van der Waals surface area (Å²) in [4.78, 5) is 0. The van der Waals surface area contributed by atoms with Crippen molar-refractivity contribution >= 4 is 0 Å². The Kier molecular flexibility index (Phi) is 36.1. The van der Waals surface area contributed by atoms with Gasteiger partial charge in [-0.25, -0.2) is 0 Å². The molecule has 38 heavy (non-hydrogen) atoms. The minimum Gasteiger partial charge on any atom is -0.379 e. The minimum atomic E-state index is 0.521. The van der Waals surface area contributed by atoms with Gasteiger partial charge in [-0.3, -0.25) is 0 Å². The Morgan fingerprint density at radius 3 is 0.395 bits per heavy atom. The van der Waals surface area contributed by atoms with E-state index in [2.05, 4.69) is 0 Å². The fourth-order valence-corrected chi connectivity index (χ4v) is 2.61. The maximum absolute atomic E-state index is 5.46. The van der Waals surface area contributed by atoms with Crippen LogP contribution in [-0.4, -0.2) is 159 Å². The highest BCUT2D eigenvalue weighted by atomic mass is 16.6. The van der Waals surface area contributed by atoms with Gasteiger partial charge in [0.2, 0.25) is 0 Å². The summed E-state index contributed by atoms with van der Waals surface area (Å²) in [7, 11) is 0. The fraction of sp³-hybridized carbons (Fsp3) is 1.00. The lowest BCUT2D eigenvalue weighted by Gasteiger charge is -2.09. The second-order valence-electron chi connectivity index (χ2n) is 7.52. The third-order valence-corrected chi connectivity index (χ3v) is 4.50. The monoisotopic (exact) mass is 558 g/mol. The molecule has 0 spiro atoms. The van der Waals surface area contributed by atoms with Crippen LogP contribution in [0.4, 0.5) is 0 Å². The normalized spacial score (nSPS) is 11.5. The molecule has 0 N–H and O–H groups in total. The molecule has 0 heterocycles. The summed E-state index contributed by atoms with van der Waals surface area (Å²) in [5, 5.41) is 0. The highest BCUT2D eigenvalue weighted by Crippen LogP contribution is 1.87. The molecule has 0 bridgehead atoms. The molecule has 0 aliphatic heterocycles. The van der Waals surface area contributed by atoms with E-state index in [-0.39, 0.29) is 0 Å². The van der Waals surface area contributed by atoms with E-state index >= 15 is 0 Å². The first-order valence-electron chi connectivity index (χ1n) is 13.8. The van der Waals surface area contributed by atoms with E-state index in [0.717, 1.165) is 0 Å². The molecular formula is C26H54O12. The van der Waals surface area contributed by atoms with Gasteiger partial charge in [0.05, 0.1) is 145 Å². The van der Waals surface area contributed by atoms with Crippen LogP contribution in [0.3, 0.4) is 0 Å². The molecule has 0 saturated heterocycles. The third-order valence-electron chi connectivity index (χ3n) is 4.50. The molecule has 0 amide bonds. The standard InChI is InChI=1S/C26H54O12/c1-3-27-5-7-29-9-11-31-13-15-33-17-19-35-21-23-37-25-26-38-24-22-36-20-18-34-16-14-32-12-10-30-8-6-28-4-2/h3-26H2,1-2H3. The van der Waals surface area contributed by atoms with Gasteiger partial charge in [-0.15, -0.1) is 0 Å². The second-order valence-corrected chi connectivity index (χ2v) is 7.52. The van der Waals surface area contributed by atoms with Crippen LogP contribution >= 0.6 is 0 Å². The molecule has 12 heteroatoms. The molecule has 0 unspecified atom stereocenters. The number of rotatable bonds is 35. The largest absolute Gasteiger partial charge is 0.379 e. The summed E-state index contributed by atoms with van der Waals surface area (Å²) < 4.78 is 64.6. The summed E-state index contributed by atoms with van der Waals surface area (Å²) in [6, 6.07) is 0. The predicted molar refractivity (Wildman–Crippen MR) is 141 cm³/mol. The van der Waals surface area contributed by atoms with Crippen molar-refractivity contribution in [1.29, 1.82) is 0 Å². The summed E-state index contributed by atoms with van der Waals surface area (Å²) in [5.74, 6) is 0. The first-order valence-corrected chi connectivity index (χ1v) is 13.8. The quantitative estimate of drug-likeness (QED) is 0.104. The Bertz CT molecular complexity index is 370. The maximum Gasteiger partial charge on any atom is 0.0701 e. The maximum atomic E-state index is 5.46. The predicted octanol–water partition coefficient (Wildman–Crippen LogP) is 1.23. The van der Waals surface area contributed by atoms with Gasteiger partial charge < -0.3 is 56.8 Å². The van der Waals surface area contributed by atoms with Gasteiger partial charge >= 0.3 is 0 Å². The van der Waals surface area contributed by atoms with E-state index in [1.54, 1.807) is 0 Å². The molecule has 0 aromatic heterocycles. The van der Waals surface area contributed by atoms with Crippen molar-refractivity contribution in [3.8, 4) is 0 Å². The van der Waals surface area contributed by atoms with Crippen LogP contribution in [0, 0.1) is 0 Å². The second kappa shape index (κ2) is 36.5. The van der Waals surface area contributed by atoms with Gasteiger partial charge in [0.1, 0.15) is 0 Å². The van der Waals surface area contributed by atoms with Crippen LogP contribution in [0.5, 0.6) is 0 Å². The van der Waals surface area contributed by atoms with E-state index in [0.29, 0.717) is 159 Å². The van der Waals surface area contributed by atoms with E-state index in [1.807, 2.05) is 13.8 Å². The van der Waals surface area contributed by atoms with Crippen molar-refractivity contribution < 1.29 is 56.8 Å². The van der Waals surface area contributed by atoms with E-state index in [9.17, 15) is 0 Å². The summed E-state index contributed by atoms with van der Waals surface area (Å²) in [6.07, 6.45) is 0. The molecule has 0 aromatic rings. The number of ether oxygens (including phenoxy) is 12. The van der Waals surface area contributed by atoms with Crippen molar-refractivity contribution in [2.75, 3.05) is 159 Å². The van der Waals surface area contributed by atoms with Crippen molar-refractivity contribution in [1.82, 2.24) is 0 Å². The molecule has 0 fully saturated rings. The van der Waals surface area contributed by atoms with Gasteiger partial charge in [-0.2, -0.15) is 0 Å². The van der Waals surface area contributed by atoms with Crippen LogP contribution in [0.1, 0.15) is 13.8 Å². The Labute approximate surface area is 229 Å². The van der Waals surface area contributed by atoms with Crippen molar-refractivity contribution in [3.63, 3.8) is 0 Å².